The largest absolute Gasteiger partial charge is 0.392 e. The van der Waals surface area contributed by atoms with Crippen molar-refractivity contribution in [1.82, 2.24) is 13.9 Å². The second kappa shape index (κ2) is 5.38. The van der Waals surface area contributed by atoms with Crippen LogP contribution in [0.15, 0.2) is 0 Å². The molecule has 8 heteroatoms. The van der Waals surface area contributed by atoms with Crippen LogP contribution >= 0.6 is 12.2 Å². The maximum atomic E-state index is 12.0. The summed E-state index contributed by atoms with van der Waals surface area (Å²) in [6, 6.07) is 0.185. The molecule has 0 radical (unpaired) electrons. The minimum Gasteiger partial charge on any atom is -0.392 e. The summed E-state index contributed by atoms with van der Waals surface area (Å²) in [5, 5.41) is 0. The number of nitrogens with zero attached hydrogens (tertiary/aromatic N) is 2. The van der Waals surface area contributed by atoms with Gasteiger partial charge in [0.05, 0.1) is 11.0 Å². The lowest BCUT2D eigenvalue weighted by atomic mass is 10.2. The average molecular weight is 292 g/mol. The fourth-order valence-electron chi connectivity index (χ4n) is 2.00. The standard InChI is InChI=1S/C10H20N4O2S2/c1-8(10(11)17)13-4-6-14(7-5-13)18(15,16)12-9-2-3-9/h8-9,12H,2-7H2,1H3,(H2,11,17). The molecule has 0 amide bonds. The number of thiocarbonyl (C=S) groups is 1. The summed E-state index contributed by atoms with van der Waals surface area (Å²) < 4.78 is 28.2. The van der Waals surface area contributed by atoms with E-state index in [1.807, 2.05) is 6.92 Å². The Bertz CT molecular complexity index is 414. The molecular formula is C10H20N4O2S2. The van der Waals surface area contributed by atoms with E-state index in [0.29, 0.717) is 31.2 Å². The Morgan fingerprint density at radius 3 is 2.33 bits per heavy atom. The molecule has 2 rings (SSSR count). The minimum atomic E-state index is -3.30. The van der Waals surface area contributed by atoms with Crippen LogP contribution in [0.25, 0.3) is 0 Å². The zero-order valence-corrected chi connectivity index (χ0v) is 12.1. The summed E-state index contributed by atoms with van der Waals surface area (Å²) in [6.45, 7) is 4.28. The number of rotatable bonds is 5. The second-order valence-electron chi connectivity index (χ2n) is 4.91. The summed E-state index contributed by atoms with van der Waals surface area (Å²) in [5.41, 5.74) is 5.61. The van der Waals surface area contributed by atoms with Gasteiger partial charge >= 0.3 is 0 Å². The molecular weight excluding hydrogens is 272 g/mol. The van der Waals surface area contributed by atoms with Crippen molar-refractivity contribution in [2.24, 2.45) is 5.73 Å². The fourth-order valence-corrected chi connectivity index (χ4v) is 3.60. The topological polar surface area (TPSA) is 78.7 Å². The van der Waals surface area contributed by atoms with Gasteiger partial charge in [-0.2, -0.15) is 17.4 Å². The summed E-state index contributed by atoms with van der Waals surface area (Å²) >= 11 is 4.96. The van der Waals surface area contributed by atoms with Crippen LogP contribution in [0.3, 0.4) is 0 Å². The zero-order chi connectivity index (χ0) is 13.3. The predicted octanol–water partition coefficient (Wildman–Crippen LogP) is -0.725. The van der Waals surface area contributed by atoms with Gasteiger partial charge in [-0.3, -0.25) is 4.90 Å². The van der Waals surface area contributed by atoms with Gasteiger partial charge < -0.3 is 5.73 Å². The van der Waals surface area contributed by atoms with Gasteiger partial charge in [0.1, 0.15) is 0 Å². The van der Waals surface area contributed by atoms with Crippen LogP contribution < -0.4 is 10.5 Å². The molecule has 1 heterocycles. The molecule has 104 valence electrons. The number of nitrogens with one attached hydrogen (secondary N) is 1. The van der Waals surface area contributed by atoms with Gasteiger partial charge in [-0.15, -0.1) is 0 Å². The molecule has 0 aromatic carbocycles. The number of hydrogen-bond acceptors (Lipinski definition) is 4. The Labute approximate surface area is 114 Å². The van der Waals surface area contributed by atoms with E-state index in [4.69, 9.17) is 18.0 Å². The molecule has 1 saturated heterocycles. The van der Waals surface area contributed by atoms with E-state index in [1.54, 1.807) is 0 Å². The van der Waals surface area contributed by atoms with Crippen LogP contribution in [0.2, 0.25) is 0 Å². The molecule has 0 bridgehead atoms. The van der Waals surface area contributed by atoms with Crippen LogP contribution in [-0.4, -0.2) is 60.9 Å². The third-order valence-corrected chi connectivity index (χ3v) is 5.48. The maximum absolute atomic E-state index is 12.0. The SMILES string of the molecule is CC(C(N)=S)N1CCN(S(=O)(=O)NC2CC2)CC1. The highest BCUT2D eigenvalue weighted by atomic mass is 32.2. The van der Waals surface area contributed by atoms with Gasteiger partial charge in [0, 0.05) is 32.2 Å². The zero-order valence-electron chi connectivity index (χ0n) is 10.5. The predicted molar refractivity (Wildman–Crippen MR) is 74.5 cm³/mol. The summed E-state index contributed by atoms with van der Waals surface area (Å²) in [5.74, 6) is 0. The Morgan fingerprint density at radius 1 is 1.33 bits per heavy atom. The first-order chi connectivity index (χ1) is 8.40. The van der Waals surface area contributed by atoms with E-state index >= 15 is 0 Å². The number of piperazine rings is 1. The smallest absolute Gasteiger partial charge is 0.279 e. The first kappa shape index (κ1) is 14.1. The van der Waals surface area contributed by atoms with Crippen LogP contribution in [0, 0.1) is 0 Å². The molecule has 3 N–H and O–H groups in total. The highest BCUT2D eigenvalue weighted by Gasteiger charge is 2.33. The molecule has 2 fully saturated rings. The molecule has 2 aliphatic rings. The van der Waals surface area contributed by atoms with Crippen molar-refractivity contribution in [1.29, 1.82) is 0 Å². The molecule has 1 saturated carbocycles. The van der Waals surface area contributed by atoms with Gasteiger partial charge in [-0.05, 0) is 19.8 Å². The summed E-state index contributed by atoms with van der Waals surface area (Å²) in [4.78, 5) is 2.58. The quantitative estimate of drug-likeness (QED) is 0.654. The lowest BCUT2D eigenvalue weighted by Gasteiger charge is -2.36. The van der Waals surface area contributed by atoms with E-state index in [-0.39, 0.29) is 12.1 Å². The molecule has 1 atom stereocenters. The average Bonchev–Trinajstić information content (AvgIpc) is 3.11. The second-order valence-corrected chi connectivity index (χ2v) is 7.08. The van der Waals surface area contributed by atoms with E-state index in [0.717, 1.165) is 12.8 Å². The van der Waals surface area contributed by atoms with Crippen molar-refractivity contribution in [3.8, 4) is 0 Å². The first-order valence-electron chi connectivity index (χ1n) is 6.21. The van der Waals surface area contributed by atoms with Crippen molar-refractivity contribution >= 4 is 27.4 Å². The van der Waals surface area contributed by atoms with Crippen LogP contribution in [0.4, 0.5) is 0 Å². The molecule has 0 spiro atoms. The van der Waals surface area contributed by atoms with Gasteiger partial charge in [0.15, 0.2) is 0 Å². The lowest BCUT2D eigenvalue weighted by molar-refractivity contribution is 0.174. The summed E-state index contributed by atoms with van der Waals surface area (Å²) in [7, 11) is -3.30. The van der Waals surface area contributed by atoms with Gasteiger partial charge in [0.2, 0.25) is 0 Å². The number of nitrogens with two attached hydrogens (primary N) is 1. The Balaban J connectivity index is 1.87. The monoisotopic (exact) mass is 292 g/mol. The lowest BCUT2D eigenvalue weighted by Crippen LogP contribution is -2.56. The van der Waals surface area contributed by atoms with E-state index < -0.39 is 10.2 Å². The normalized spacial score (nSPS) is 24.9. The Hall–Kier alpha value is -0.280. The van der Waals surface area contributed by atoms with Crippen LogP contribution in [0.1, 0.15) is 19.8 Å². The van der Waals surface area contributed by atoms with E-state index in [1.165, 1.54) is 4.31 Å². The molecule has 18 heavy (non-hydrogen) atoms. The Kier molecular flexibility index (Phi) is 4.22. The van der Waals surface area contributed by atoms with Crippen molar-refractivity contribution in [3.63, 3.8) is 0 Å². The van der Waals surface area contributed by atoms with Gasteiger partial charge in [-0.1, -0.05) is 12.2 Å². The van der Waals surface area contributed by atoms with E-state index in [2.05, 4.69) is 9.62 Å². The molecule has 1 unspecified atom stereocenters. The molecule has 1 aliphatic heterocycles. The Morgan fingerprint density at radius 2 is 1.89 bits per heavy atom. The fraction of sp³-hybridized carbons (Fsp3) is 0.900. The van der Waals surface area contributed by atoms with Crippen molar-refractivity contribution in [3.05, 3.63) is 0 Å². The maximum Gasteiger partial charge on any atom is 0.279 e. The minimum absolute atomic E-state index is 0.0289. The van der Waals surface area contributed by atoms with Gasteiger partial charge in [-0.25, -0.2) is 0 Å². The van der Waals surface area contributed by atoms with Crippen molar-refractivity contribution in [2.75, 3.05) is 26.2 Å². The first-order valence-corrected chi connectivity index (χ1v) is 8.06. The molecule has 1 aliphatic carbocycles. The highest BCUT2D eigenvalue weighted by Crippen LogP contribution is 2.21. The van der Waals surface area contributed by atoms with Crippen molar-refractivity contribution in [2.45, 2.75) is 31.8 Å². The van der Waals surface area contributed by atoms with Crippen molar-refractivity contribution < 1.29 is 8.42 Å². The molecule has 6 nitrogen and oxygen atoms in total. The number of hydrogen-bond donors (Lipinski definition) is 2. The highest BCUT2D eigenvalue weighted by molar-refractivity contribution is 7.87. The summed E-state index contributed by atoms with van der Waals surface area (Å²) in [6.07, 6.45) is 1.91. The molecule has 0 aromatic heterocycles. The molecule has 0 aromatic rings. The van der Waals surface area contributed by atoms with Crippen LogP contribution in [-0.2, 0) is 10.2 Å². The van der Waals surface area contributed by atoms with E-state index in [9.17, 15) is 8.42 Å². The third kappa shape index (κ3) is 3.39. The third-order valence-electron chi connectivity index (χ3n) is 3.47. The van der Waals surface area contributed by atoms with Gasteiger partial charge in [0.25, 0.3) is 10.2 Å². The van der Waals surface area contributed by atoms with Crippen LogP contribution in [0.5, 0.6) is 0 Å².